The van der Waals surface area contributed by atoms with Crippen molar-refractivity contribution >= 4 is 17.5 Å². The van der Waals surface area contributed by atoms with E-state index >= 15 is 0 Å². The molecule has 0 saturated carbocycles. The van der Waals surface area contributed by atoms with Gasteiger partial charge in [0, 0.05) is 13.0 Å². The molecular weight excluding hydrogens is 254 g/mol. The van der Waals surface area contributed by atoms with Crippen LogP contribution in [-0.4, -0.2) is 17.9 Å². The molecule has 0 aliphatic heterocycles. The molecule has 0 saturated heterocycles. The number of carbonyl (C=O) groups is 2. The van der Waals surface area contributed by atoms with Gasteiger partial charge in [-0.05, 0) is 18.1 Å². The molecule has 4 nitrogen and oxygen atoms in total. The Balaban J connectivity index is 2.84. The summed E-state index contributed by atoms with van der Waals surface area (Å²) in [6, 6.07) is 2.08. The standard InChI is InChI=1S/C13H16F2N2O2/c1-7(2)12(16-8(3)18)13(19)17-11-5-4-9(14)6-10(11)15/h4-7,12H,1-3H3,(H,16,18)(H,17,19)/t12-/m0/s1. The Morgan fingerprint density at radius 2 is 1.84 bits per heavy atom. The molecule has 0 aromatic heterocycles. The predicted octanol–water partition coefficient (Wildman–Crippen LogP) is 2.06. The molecule has 2 amide bonds. The van der Waals surface area contributed by atoms with E-state index in [-0.39, 0.29) is 17.5 Å². The zero-order valence-corrected chi connectivity index (χ0v) is 11.0. The molecule has 0 radical (unpaired) electrons. The maximum Gasteiger partial charge on any atom is 0.247 e. The first kappa shape index (κ1) is 15.1. The molecule has 0 aliphatic rings. The van der Waals surface area contributed by atoms with Crippen molar-refractivity contribution in [3.63, 3.8) is 0 Å². The molecule has 0 heterocycles. The molecule has 0 unspecified atom stereocenters. The maximum atomic E-state index is 13.4. The van der Waals surface area contributed by atoms with Crippen LogP contribution in [0.1, 0.15) is 20.8 Å². The van der Waals surface area contributed by atoms with E-state index in [1.807, 2.05) is 0 Å². The van der Waals surface area contributed by atoms with Gasteiger partial charge in [0.05, 0.1) is 5.69 Å². The minimum absolute atomic E-state index is 0.123. The Labute approximate surface area is 110 Å². The van der Waals surface area contributed by atoms with E-state index in [2.05, 4.69) is 10.6 Å². The number of amides is 2. The van der Waals surface area contributed by atoms with Crippen molar-refractivity contribution in [1.29, 1.82) is 0 Å². The Morgan fingerprint density at radius 1 is 1.21 bits per heavy atom. The Bertz CT molecular complexity index is 490. The van der Waals surface area contributed by atoms with Crippen molar-refractivity contribution in [2.75, 3.05) is 5.32 Å². The van der Waals surface area contributed by atoms with Crippen LogP contribution >= 0.6 is 0 Å². The second-order valence-corrected chi connectivity index (χ2v) is 4.54. The van der Waals surface area contributed by atoms with Gasteiger partial charge in [0.2, 0.25) is 11.8 Å². The first-order chi connectivity index (χ1) is 8.81. The van der Waals surface area contributed by atoms with Gasteiger partial charge in [-0.15, -0.1) is 0 Å². The highest BCUT2D eigenvalue weighted by Crippen LogP contribution is 2.16. The minimum Gasteiger partial charge on any atom is -0.344 e. The summed E-state index contributed by atoms with van der Waals surface area (Å²) in [4.78, 5) is 23.0. The lowest BCUT2D eigenvalue weighted by molar-refractivity contribution is -0.126. The van der Waals surface area contributed by atoms with Crippen LogP contribution in [-0.2, 0) is 9.59 Å². The van der Waals surface area contributed by atoms with Crippen LogP contribution in [0, 0.1) is 17.6 Å². The summed E-state index contributed by atoms with van der Waals surface area (Å²) in [5, 5.41) is 4.81. The fourth-order valence-corrected chi connectivity index (χ4v) is 1.56. The van der Waals surface area contributed by atoms with E-state index in [0.29, 0.717) is 6.07 Å². The topological polar surface area (TPSA) is 58.2 Å². The Hall–Kier alpha value is -1.98. The van der Waals surface area contributed by atoms with E-state index in [0.717, 1.165) is 12.1 Å². The largest absolute Gasteiger partial charge is 0.344 e. The summed E-state index contributed by atoms with van der Waals surface area (Å²) in [7, 11) is 0. The van der Waals surface area contributed by atoms with Crippen LogP contribution in [0.15, 0.2) is 18.2 Å². The fourth-order valence-electron chi connectivity index (χ4n) is 1.56. The molecule has 0 fully saturated rings. The van der Waals surface area contributed by atoms with Gasteiger partial charge in [-0.1, -0.05) is 13.8 Å². The molecule has 104 valence electrons. The van der Waals surface area contributed by atoms with E-state index in [1.165, 1.54) is 6.92 Å². The van der Waals surface area contributed by atoms with Crippen molar-refractivity contribution in [3.05, 3.63) is 29.8 Å². The summed E-state index contributed by atoms with van der Waals surface area (Å²) in [5.74, 6) is -2.65. The lowest BCUT2D eigenvalue weighted by atomic mass is 10.0. The number of rotatable bonds is 4. The summed E-state index contributed by atoms with van der Waals surface area (Å²) < 4.78 is 26.1. The van der Waals surface area contributed by atoms with Gasteiger partial charge in [-0.2, -0.15) is 0 Å². The SMILES string of the molecule is CC(=O)N[C@H](C(=O)Nc1ccc(F)cc1F)C(C)C. The normalized spacial score (nSPS) is 12.1. The summed E-state index contributed by atoms with van der Waals surface area (Å²) >= 11 is 0. The number of hydrogen-bond donors (Lipinski definition) is 2. The van der Waals surface area contributed by atoms with Crippen molar-refractivity contribution in [3.8, 4) is 0 Å². The van der Waals surface area contributed by atoms with E-state index in [1.54, 1.807) is 13.8 Å². The van der Waals surface area contributed by atoms with Crippen LogP contribution < -0.4 is 10.6 Å². The van der Waals surface area contributed by atoms with Crippen LogP contribution in [0.3, 0.4) is 0 Å². The van der Waals surface area contributed by atoms with E-state index in [9.17, 15) is 18.4 Å². The average molecular weight is 270 g/mol. The lowest BCUT2D eigenvalue weighted by Gasteiger charge is -2.21. The molecule has 6 heteroatoms. The second kappa shape index (κ2) is 6.26. The van der Waals surface area contributed by atoms with Gasteiger partial charge in [0.25, 0.3) is 0 Å². The third kappa shape index (κ3) is 4.31. The molecular formula is C13H16F2N2O2. The number of hydrogen-bond acceptors (Lipinski definition) is 2. The summed E-state index contributed by atoms with van der Waals surface area (Å²) in [6.45, 7) is 4.80. The van der Waals surface area contributed by atoms with Crippen molar-refractivity contribution in [2.45, 2.75) is 26.8 Å². The van der Waals surface area contributed by atoms with Gasteiger partial charge in [-0.3, -0.25) is 9.59 Å². The van der Waals surface area contributed by atoms with Gasteiger partial charge in [0.15, 0.2) is 0 Å². The second-order valence-electron chi connectivity index (χ2n) is 4.54. The van der Waals surface area contributed by atoms with E-state index < -0.39 is 23.6 Å². The van der Waals surface area contributed by atoms with Gasteiger partial charge >= 0.3 is 0 Å². The van der Waals surface area contributed by atoms with Gasteiger partial charge < -0.3 is 10.6 Å². The van der Waals surface area contributed by atoms with Gasteiger partial charge in [-0.25, -0.2) is 8.78 Å². The minimum atomic E-state index is -0.862. The van der Waals surface area contributed by atoms with Crippen LogP contribution in [0.25, 0.3) is 0 Å². The third-order valence-electron chi connectivity index (χ3n) is 2.50. The fraction of sp³-hybridized carbons (Fsp3) is 0.385. The molecule has 1 atom stereocenters. The lowest BCUT2D eigenvalue weighted by Crippen LogP contribution is -2.46. The molecule has 1 aromatic carbocycles. The molecule has 2 N–H and O–H groups in total. The monoisotopic (exact) mass is 270 g/mol. The van der Waals surface area contributed by atoms with Crippen molar-refractivity contribution in [2.24, 2.45) is 5.92 Å². The number of anilines is 1. The first-order valence-electron chi connectivity index (χ1n) is 5.84. The first-order valence-corrected chi connectivity index (χ1v) is 5.84. The molecule has 19 heavy (non-hydrogen) atoms. The summed E-state index contributed by atoms with van der Waals surface area (Å²) in [5.41, 5.74) is -0.123. The van der Waals surface area contributed by atoms with Crippen LogP contribution in [0.4, 0.5) is 14.5 Å². The molecule has 0 aliphatic carbocycles. The van der Waals surface area contributed by atoms with Crippen LogP contribution in [0.5, 0.6) is 0 Å². The van der Waals surface area contributed by atoms with Crippen LogP contribution in [0.2, 0.25) is 0 Å². The molecule has 0 spiro atoms. The molecule has 0 bridgehead atoms. The van der Waals surface area contributed by atoms with Crippen molar-refractivity contribution < 1.29 is 18.4 Å². The smallest absolute Gasteiger partial charge is 0.247 e. The highest BCUT2D eigenvalue weighted by atomic mass is 19.1. The molecule has 1 rings (SSSR count). The quantitative estimate of drug-likeness (QED) is 0.880. The number of nitrogens with one attached hydrogen (secondary N) is 2. The van der Waals surface area contributed by atoms with E-state index in [4.69, 9.17) is 0 Å². The zero-order valence-electron chi connectivity index (χ0n) is 11.0. The molecule has 1 aromatic rings. The van der Waals surface area contributed by atoms with Gasteiger partial charge in [0.1, 0.15) is 17.7 Å². The number of carbonyl (C=O) groups excluding carboxylic acids is 2. The number of halogens is 2. The predicted molar refractivity (Wildman–Crippen MR) is 67.4 cm³/mol. The maximum absolute atomic E-state index is 13.4. The third-order valence-corrected chi connectivity index (χ3v) is 2.50. The highest BCUT2D eigenvalue weighted by molar-refractivity contribution is 5.97. The number of benzene rings is 1. The summed E-state index contributed by atoms with van der Waals surface area (Å²) in [6.07, 6.45) is 0. The Morgan fingerprint density at radius 3 is 2.32 bits per heavy atom. The zero-order chi connectivity index (χ0) is 14.6. The Kier molecular flexibility index (Phi) is 4.97. The highest BCUT2D eigenvalue weighted by Gasteiger charge is 2.23. The van der Waals surface area contributed by atoms with Crippen molar-refractivity contribution in [1.82, 2.24) is 5.32 Å². The average Bonchev–Trinajstić information content (AvgIpc) is 2.29.